The van der Waals surface area contributed by atoms with Gasteiger partial charge in [-0.15, -0.1) is 0 Å². The first-order valence-corrected chi connectivity index (χ1v) is 11.5. The zero-order valence-corrected chi connectivity index (χ0v) is 18.8. The Kier molecular flexibility index (Phi) is 7.22. The predicted octanol–water partition coefficient (Wildman–Crippen LogP) is 4.68. The molecule has 168 valence electrons. The number of sulfonamides is 1. The van der Waals surface area contributed by atoms with Crippen LogP contribution in [0.3, 0.4) is 0 Å². The molecule has 3 rings (SSSR count). The molecule has 0 heterocycles. The zero-order valence-electron chi connectivity index (χ0n) is 17.2. The lowest BCUT2D eigenvalue weighted by molar-refractivity contribution is -0.114. The topological polar surface area (TPSA) is 84.9 Å². The Morgan fingerprint density at radius 2 is 1.69 bits per heavy atom. The summed E-state index contributed by atoms with van der Waals surface area (Å²) in [5, 5.41) is 2.96. The van der Waals surface area contributed by atoms with E-state index in [0.717, 1.165) is 22.7 Å². The normalized spacial score (nSPS) is 11.0. The minimum atomic E-state index is -3.82. The summed E-state index contributed by atoms with van der Waals surface area (Å²) in [5.74, 6) is 0.00623. The molecule has 0 aromatic heterocycles. The molecule has 0 fully saturated rings. The number of nitrogens with zero attached hydrogens (tertiary/aromatic N) is 1. The molecule has 0 atom stereocenters. The van der Waals surface area contributed by atoms with Crippen LogP contribution < -0.4 is 19.1 Å². The van der Waals surface area contributed by atoms with Gasteiger partial charge in [-0.05, 0) is 54.6 Å². The van der Waals surface area contributed by atoms with E-state index < -0.39 is 28.3 Å². The number of hydrogen-bond acceptors (Lipinski definition) is 5. The number of methoxy groups -OCH3 is 1. The second-order valence-corrected chi connectivity index (χ2v) is 9.03. The molecule has 3 aromatic rings. The smallest absolute Gasteiger partial charge is 0.245 e. The lowest BCUT2D eigenvalue weighted by Gasteiger charge is -2.22. The molecule has 0 radical (unpaired) electrons. The van der Waals surface area contributed by atoms with E-state index in [4.69, 9.17) is 21.1 Å². The summed E-state index contributed by atoms with van der Waals surface area (Å²) in [6, 6.07) is 16.4. The van der Waals surface area contributed by atoms with E-state index in [1.54, 1.807) is 36.4 Å². The van der Waals surface area contributed by atoms with Gasteiger partial charge in [-0.25, -0.2) is 12.8 Å². The lowest BCUT2D eigenvalue weighted by Crippen LogP contribution is -2.37. The quantitative estimate of drug-likeness (QED) is 0.508. The van der Waals surface area contributed by atoms with Crippen molar-refractivity contribution in [1.29, 1.82) is 0 Å². The molecule has 1 N–H and O–H groups in total. The van der Waals surface area contributed by atoms with Gasteiger partial charge in [0.25, 0.3) is 0 Å². The molecule has 3 aromatic carbocycles. The fourth-order valence-corrected chi connectivity index (χ4v) is 3.87. The fourth-order valence-electron chi connectivity index (χ4n) is 2.84. The Morgan fingerprint density at radius 1 is 1.03 bits per heavy atom. The van der Waals surface area contributed by atoms with Crippen molar-refractivity contribution < 1.29 is 27.1 Å². The first-order chi connectivity index (χ1) is 15.2. The molecule has 32 heavy (non-hydrogen) atoms. The molecule has 0 bridgehead atoms. The van der Waals surface area contributed by atoms with Crippen LogP contribution in [0.15, 0.2) is 66.7 Å². The third-order valence-corrected chi connectivity index (χ3v) is 5.68. The number of anilines is 2. The predicted molar refractivity (Wildman–Crippen MR) is 122 cm³/mol. The molecule has 0 saturated carbocycles. The van der Waals surface area contributed by atoms with E-state index in [-0.39, 0.29) is 17.1 Å². The number of carbonyl (C=O) groups excluding carboxylic acids is 1. The fraction of sp³-hybridized carbons (Fsp3) is 0.136. The van der Waals surface area contributed by atoms with E-state index in [2.05, 4.69) is 5.32 Å². The number of amides is 1. The Bertz CT molecular complexity index is 1220. The first kappa shape index (κ1) is 23.4. The Morgan fingerprint density at radius 3 is 2.31 bits per heavy atom. The number of nitrogens with one attached hydrogen (secondary N) is 1. The van der Waals surface area contributed by atoms with Crippen molar-refractivity contribution in [2.75, 3.05) is 29.5 Å². The molecule has 1 amide bonds. The average Bonchev–Trinajstić information content (AvgIpc) is 2.74. The van der Waals surface area contributed by atoms with Gasteiger partial charge in [0, 0.05) is 5.02 Å². The highest BCUT2D eigenvalue weighted by atomic mass is 35.5. The van der Waals surface area contributed by atoms with Gasteiger partial charge >= 0.3 is 0 Å². The van der Waals surface area contributed by atoms with Gasteiger partial charge in [0.05, 0.1) is 24.7 Å². The summed E-state index contributed by atoms with van der Waals surface area (Å²) >= 11 is 6.08. The number of halogens is 2. The number of para-hydroxylation sites is 2. The summed E-state index contributed by atoms with van der Waals surface area (Å²) in [4.78, 5) is 12.7. The molecular formula is C22H20ClFN2O5S. The van der Waals surface area contributed by atoms with Gasteiger partial charge in [0.2, 0.25) is 15.9 Å². The van der Waals surface area contributed by atoms with Crippen LogP contribution in [0.2, 0.25) is 5.02 Å². The Labute approximate surface area is 190 Å². The highest BCUT2D eigenvalue weighted by molar-refractivity contribution is 7.92. The minimum Gasteiger partial charge on any atom is -0.493 e. The lowest BCUT2D eigenvalue weighted by atomic mass is 10.2. The number of benzene rings is 3. The van der Waals surface area contributed by atoms with Gasteiger partial charge in [0.1, 0.15) is 12.4 Å². The highest BCUT2D eigenvalue weighted by Gasteiger charge is 2.22. The van der Waals surface area contributed by atoms with E-state index in [9.17, 15) is 17.6 Å². The van der Waals surface area contributed by atoms with Crippen LogP contribution in [0.5, 0.6) is 17.2 Å². The monoisotopic (exact) mass is 478 g/mol. The standard InChI is InChI=1S/C22H20ClFN2O5S/c1-30-20-5-3-4-6-21(20)31-19-12-7-15(23)13-18(19)25-22(27)14-26(32(2,28)29)17-10-8-16(24)9-11-17/h3-13H,14H2,1-2H3,(H,25,27). The number of carbonyl (C=O) groups is 1. The van der Waals surface area contributed by atoms with Gasteiger partial charge in [-0.2, -0.15) is 0 Å². The van der Waals surface area contributed by atoms with Crippen LogP contribution in [-0.2, 0) is 14.8 Å². The third kappa shape index (κ3) is 5.89. The number of hydrogen-bond donors (Lipinski definition) is 1. The van der Waals surface area contributed by atoms with Crippen molar-refractivity contribution in [3.63, 3.8) is 0 Å². The van der Waals surface area contributed by atoms with Crippen molar-refractivity contribution in [3.8, 4) is 17.2 Å². The molecule has 0 aliphatic heterocycles. The van der Waals surface area contributed by atoms with Gasteiger partial charge in [-0.3, -0.25) is 9.10 Å². The Hall–Kier alpha value is -3.30. The number of rotatable bonds is 8. The molecule has 0 aliphatic rings. The zero-order chi connectivity index (χ0) is 23.3. The van der Waals surface area contributed by atoms with E-state index in [1.165, 1.54) is 25.3 Å². The van der Waals surface area contributed by atoms with E-state index in [0.29, 0.717) is 16.5 Å². The molecule has 0 saturated heterocycles. The molecule has 10 heteroatoms. The maximum absolute atomic E-state index is 13.2. The largest absolute Gasteiger partial charge is 0.493 e. The summed E-state index contributed by atoms with van der Waals surface area (Å²) in [6.45, 7) is -0.537. The third-order valence-electron chi connectivity index (χ3n) is 4.31. The second-order valence-electron chi connectivity index (χ2n) is 6.69. The maximum Gasteiger partial charge on any atom is 0.245 e. The van der Waals surface area contributed by atoms with Crippen molar-refractivity contribution in [2.45, 2.75) is 0 Å². The van der Waals surface area contributed by atoms with E-state index in [1.807, 2.05) is 0 Å². The minimum absolute atomic E-state index is 0.153. The molecule has 7 nitrogen and oxygen atoms in total. The number of ether oxygens (including phenoxy) is 2. The first-order valence-electron chi connectivity index (χ1n) is 9.31. The van der Waals surface area contributed by atoms with Gasteiger partial charge in [-0.1, -0.05) is 23.7 Å². The average molecular weight is 479 g/mol. The summed E-state index contributed by atoms with van der Waals surface area (Å²) in [6.07, 6.45) is 0.958. The molecular weight excluding hydrogens is 459 g/mol. The van der Waals surface area contributed by atoms with Gasteiger partial charge < -0.3 is 14.8 Å². The SMILES string of the molecule is COc1ccccc1Oc1ccc(Cl)cc1NC(=O)CN(c1ccc(F)cc1)S(C)(=O)=O. The summed E-state index contributed by atoms with van der Waals surface area (Å²) in [5.41, 5.74) is 0.390. The summed E-state index contributed by atoms with van der Waals surface area (Å²) < 4.78 is 49.7. The van der Waals surface area contributed by atoms with Crippen LogP contribution in [0.4, 0.5) is 15.8 Å². The molecule has 0 spiro atoms. The van der Waals surface area contributed by atoms with Crippen molar-refractivity contribution in [1.82, 2.24) is 0 Å². The molecule has 0 aliphatic carbocycles. The highest BCUT2D eigenvalue weighted by Crippen LogP contribution is 2.36. The second kappa shape index (κ2) is 9.88. The van der Waals surface area contributed by atoms with Crippen molar-refractivity contribution in [2.24, 2.45) is 0 Å². The maximum atomic E-state index is 13.2. The molecule has 0 unspecified atom stereocenters. The van der Waals surface area contributed by atoms with Crippen LogP contribution >= 0.6 is 11.6 Å². The van der Waals surface area contributed by atoms with Crippen LogP contribution in [-0.4, -0.2) is 34.2 Å². The van der Waals surface area contributed by atoms with Crippen LogP contribution in [0.1, 0.15) is 0 Å². The summed E-state index contributed by atoms with van der Waals surface area (Å²) in [7, 11) is -2.32. The van der Waals surface area contributed by atoms with Gasteiger partial charge in [0.15, 0.2) is 17.2 Å². The van der Waals surface area contributed by atoms with Crippen molar-refractivity contribution in [3.05, 3.63) is 77.6 Å². The van der Waals surface area contributed by atoms with Crippen molar-refractivity contribution >= 4 is 38.9 Å². The van der Waals surface area contributed by atoms with Crippen LogP contribution in [0, 0.1) is 5.82 Å². The Balaban J connectivity index is 1.85. The van der Waals surface area contributed by atoms with Crippen LogP contribution in [0.25, 0.3) is 0 Å². The van der Waals surface area contributed by atoms with E-state index >= 15 is 0 Å².